The molecule has 0 radical (unpaired) electrons. The van der Waals surface area contributed by atoms with Crippen molar-refractivity contribution >= 4 is 16.9 Å². The lowest BCUT2D eigenvalue weighted by atomic mass is 9.89. The molecule has 4 heteroatoms. The Hall–Kier alpha value is -0.220. The SMILES string of the molecule is COC1CC(NC2=NCC(C)S2)C1. The predicted octanol–water partition coefficient (Wildman–Crippen LogP) is 1.24. The Morgan fingerprint density at radius 3 is 2.85 bits per heavy atom. The topological polar surface area (TPSA) is 33.6 Å². The zero-order valence-corrected chi connectivity index (χ0v) is 8.93. The molecule has 1 aliphatic carbocycles. The average molecular weight is 200 g/mol. The maximum absolute atomic E-state index is 5.22. The van der Waals surface area contributed by atoms with Crippen LogP contribution in [-0.4, -0.2) is 36.2 Å². The molecule has 13 heavy (non-hydrogen) atoms. The summed E-state index contributed by atoms with van der Waals surface area (Å²) in [5.74, 6) is 0. The maximum atomic E-state index is 5.22. The van der Waals surface area contributed by atoms with Crippen LogP contribution in [0.15, 0.2) is 4.99 Å². The largest absolute Gasteiger partial charge is 0.381 e. The van der Waals surface area contributed by atoms with Gasteiger partial charge in [-0.15, -0.1) is 0 Å². The molecule has 1 atom stereocenters. The van der Waals surface area contributed by atoms with Crippen molar-refractivity contribution in [3.63, 3.8) is 0 Å². The number of methoxy groups -OCH3 is 1. The van der Waals surface area contributed by atoms with Crippen LogP contribution in [0.1, 0.15) is 19.8 Å². The summed E-state index contributed by atoms with van der Waals surface area (Å²) in [6, 6.07) is 0.599. The van der Waals surface area contributed by atoms with E-state index in [4.69, 9.17) is 4.74 Å². The van der Waals surface area contributed by atoms with E-state index in [2.05, 4.69) is 17.2 Å². The van der Waals surface area contributed by atoms with Gasteiger partial charge in [-0.05, 0) is 12.8 Å². The number of rotatable bonds is 2. The van der Waals surface area contributed by atoms with E-state index in [1.165, 1.54) is 0 Å². The molecule has 3 nitrogen and oxygen atoms in total. The number of hydrogen-bond donors (Lipinski definition) is 1. The normalized spacial score (nSPS) is 38.3. The number of ether oxygens (including phenoxy) is 1. The van der Waals surface area contributed by atoms with E-state index in [1.54, 1.807) is 7.11 Å². The molecule has 0 bridgehead atoms. The monoisotopic (exact) mass is 200 g/mol. The predicted molar refractivity (Wildman–Crippen MR) is 56.3 cm³/mol. The molecule has 1 heterocycles. The van der Waals surface area contributed by atoms with Gasteiger partial charge in [0.05, 0.1) is 12.6 Å². The molecule has 0 saturated heterocycles. The fourth-order valence-corrected chi connectivity index (χ4v) is 2.52. The molecule has 1 N–H and O–H groups in total. The second-order valence-corrected chi connectivity index (χ2v) is 5.17. The van der Waals surface area contributed by atoms with Crippen molar-refractivity contribution in [2.24, 2.45) is 4.99 Å². The second kappa shape index (κ2) is 3.88. The Balaban J connectivity index is 1.69. The molecular weight excluding hydrogens is 184 g/mol. The van der Waals surface area contributed by atoms with Crippen LogP contribution in [0, 0.1) is 0 Å². The highest BCUT2D eigenvalue weighted by molar-refractivity contribution is 8.14. The lowest BCUT2D eigenvalue weighted by molar-refractivity contribution is 0.0228. The quantitative estimate of drug-likeness (QED) is 0.728. The van der Waals surface area contributed by atoms with Crippen LogP contribution in [0.2, 0.25) is 0 Å². The zero-order valence-electron chi connectivity index (χ0n) is 8.12. The fourth-order valence-electron chi connectivity index (χ4n) is 1.61. The molecule has 74 valence electrons. The van der Waals surface area contributed by atoms with Gasteiger partial charge in [0.25, 0.3) is 0 Å². The molecule has 1 saturated carbocycles. The third kappa shape index (κ3) is 2.17. The number of nitrogens with one attached hydrogen (secondary N) is 1. The minimum atomic E-state index is 0.474. The third-order valence-corrected chi connectivity index (χ3v) is 3.58. The first-order chi connectivity index (χ1) is 6.28. The van der Waals surface area contributed by atoms with Crippen LogP contribution in [-0.2, 0) is 4.74 Å². The number of thioether (sulfide) groups is 1. The van der Waals surface area contributed by atoms with Gasteiger partial charge in [-0.25, -0.2) is 0 Å². The van der Waals surface area contributed by atoms with Gasteiger partial charge in [0.1, 0.15) is 0 Å². The van der Waals surface area contributed by atoms with Crippen LogP contribution >= 0.6 is 11.8 Å². The first-order valence-corrected chi connectivity index (χ1v) is 5.66. The standard InChI is InChI=1S/C9H16N2OS/c1-6-5-10-9(13-6)11-7-3-8(4-7)12-2/h6-8H,3-5H2,1-2H3,(H,10,11). The Bertz CT molecular complexity index is 214. The maximum Gasteiger partial charge on any atom is 0.157 e. The molecule has 0 aromatic heterocycles. The van der Waals surface area contributed by atoms with E-state index in [-0.39, 0.29) is 0 Å². The summed E-state index contributed by atoms with van der Waals surface area (Å²) < 4.78 is 5.22. The highest BCUT2D eigenvalue weighted by Crippen LogP contribution is 2.25. The molecule has 0 aromatic rings. The van der Waals surface area contributed by atoms with Crippen LogP contribution in [0.3, 0.4) is 0 Å². The Morgan fingerprint density at radius 2 is 2.31 bits per heavy atom. The number of aliphatic imine (C=N–C) groups is 1. The Kier molecular flexibility index (Phi) is 2.79. The molecule has 0 amide bonds. The van der Waals surface area contributed by atoms with Crippen molar-refractivity contribution in [3.05, 3.63) is 0 Å². The minimum absolute atomic E-state index is 0.474. The highest BCUT2D eigenvalue weighted by Gasteiger charge is 2.30. The Morgan fingerprint density at radius 1 is 1.54 bits per heavy atom. The van der Waals surface area contributed by atoms with E-state index in [1.807, 2.05) is 11.8 Å². The summed E-state index contributed by atoms with van der Waals surface area (Å²) in [5.41, 5.74) is 0. The molecular formula is C9H16N2OS. The van der Waals surface area contributed by atoms with E-state index >= 15 is 0 Å². The summed E-state index contributed by atoms with van der Waals surface area (Å²) in [7, 11) is 1.78. The number of amidine groups is 1. The molecule has 2 rings (SSSR count). The van der Waals surface area contributed by atoms with E-state index in [0.717, 1.165) is 24.6 Å². The average Bonchev–Trinajstić information content (AvgIpc) is 2.43. The van der Waals surface area contributed by atoms with Crippen molar-refractivity contribution in [3.8, 4) is 0 Å². The summed E-state index contributed by atoms with van der Waals surface area (Å²) in [5, 5.41) is 5.23. The van der Waals surface area contributed by atoms with Gasteiger partial charge in [-0.2, -0.15) is 0 Å². The van der Waals surface area contributed by atoms with Crippen LogP contribution in [0.5, 0.6) is 0 Å². The third-order valence-electron chi connectivity index (χ3n) is 2.56. The van der Waals surface area contributed by atoms with Crippen LogP contribution in [0.25, 0.3) is 0 Å². The molecule has 2 aliphatic rings. The lowest BCUT2D eigenvalue weighted by Gasteiger charge is -2.34. The van der Waals surface area contributed by atoms with Gasteiger partial charge in [-0.1, -0.05) is 18.7 Å². The smallest absolute Gasteiger partial charge is 0.157 e. The van der Waals surface area contributed by atoms with Crippen molar-refractivity contribution in [2.45, 2.75) is 37.2 Å². The van der Waals surface area contributed by atoms with Crippen molar-refractivity contribution < 1.29 is 4.74 Å². The van der Waals surface area contributed by atoms with Crippen LogP contribution < -0.4 is 5.32 Å². The molecule has 0 aromatic carbocycles. The summed E-state index contributed by atoms with van der Waals surface area (Å²) >= 11 is 1.85. The number of hydrogen-bond acceptors (Lipinski definition) is 4. The van der Waals surface area contributed by atoms with Gasteiger partial charge in [-0.3, -0.25) is 4.99 Å². The van der Waals surface area contributed by atoms with Gasteiger partial charge >= 0.3 is 0 Å². The Labute approximate surface area is 83.3 Å². The van der Waals surface area contributed by atoms with E-state index in [9.17, 15) is 0 Å². The van der Waals surface area contributed by atoms with Crippen molar-refractivity contribution in [2.75, 3.05) is 13.7 Å². The second-order valence-electron chi connectivity index (χ2n) is 3.74. The molecule has 1 unspecified atom stereocenters. The van der Waals surface area contributed by atoms with E-state index in [0.29, 0.717) is 17.4 Å². The van der Waals surface area contributed by atoms with Gasteiger partial charge < -0.3 is 10.1 Å². The fraction of sp³-hybridized carbons (Fsp3) is 0.889. The number of nitrogens with zero attached hydrogens (tertiary/aromatic N) is 1. The van der Waals surface area contributed by atoms with Crippen molar-refractivity contribution in [1.82, 2.24) is 5.32 Å². The first kappa shape index (κ1) is 9.34. The summed E-state index contributed by atoms with van der Waals surface area (Å²) in [4.78, 5) is 4.42. The minimum Gasteiger partial charge on any atom is -0.381 e. The molecule has 1 fully saturated rings. The van der Waals surface area contributed by atoms with Crippen molar-refractivity contribution in [1.29, 1.82) is 0 Å². The van der Waals surface area contributed by atoms with Gasteiger partial charge in [0.2, 0.25) is 0 Å². The highest BCUT2D eigenvalue weighted by atomic mass is 32.2. The summed E-state index contributed by atoms with van der Waals surface area (Å²) in [6.45, 7) is 3.18. The van der Waals surface area contributed by atoms with Gasteiger partial charge in [0.15, 0.2) is 5.17 Å². The lowest BCUT2D eigenvalue weighted by Crippen LogP contribution is -2.46. The summed E-state index contributed by atoms with van der Waals surface area (Å²) in [6.07, 6.45) is 2.73. The first-order valence-electron chi connectivity index (χ1n) is 4.78. The van der Waals surface area contributed by atoms with Crippen LogP contribution in [0.4, 0.5) is 0 Å². The molecule has 1 aliphatic heterocycles. The molecule has 0 spiro atoms. The zero-order chi connectivity index (χ0) is 9.26. The van der Waals surface area contributed by atoms with Gasteiger partial charge in [0, 0.05) is 18.4 Å². The van der Waals surface area contributed by atoms with E-state index < -0.39 is 0 Å².